The smallest absolute Gasteiger partial charge is 0.293 e. The SMILES string of the molecule is CCn1ccnc(N2CC(CN)C2)c1=O. The van der Waals surface area contributed by atoms with Crippen molar-refractivity contribution in [1.29, 1.82) is 0 Å². The first-order valence-corrected chi connectivity index (χ1v) is 5.26. The zero-order chi connectivity index (χ0) is 10.8. The first-order chi connectivity index (χ1) is 7.26. The van der Waals surface area contributed by atoms with Crippen LogP contribution >= 0.6 is 0 Å². The van der Waals surface area contributed by atoms with Crippen molar-refractivity contribution in [2.24, 2.45) is 11.7 Å². The summed E-state index contributed by atoms with van der Waals surface area (Å²) in [6.45, 7) is 5.02. The van der Waals surface area contributed by atoms with Crippen molar-refractivity contribution >= 4 is 5.82 Å². The highest BCUT2D eigenvalue weighted by Crippen LogP contribution is 2.18. The third kappa shape index (κ3) is 1.74. The predicted molar refractivity (Wildman–Crippen MR) is 58.9 cm³/mol. The van der Waals surface area contributed by atoms with Crippen LogP contribution in [0.3, 0.4) is 0 Å². The van der Waals surface area contributed by atoms with Crippen molar-refractivity contribution in [2.45, 2.75) is 13.5 Å². The molecule has 5 nitrogen and oxygen atoms in total. The molecule has 5 heteroatoms. The molecule has 0 atom stereocenters. The van der Waals surface area contributed by atoms with Gasteiger partial charge in [-0.3, -0.25) is 4.79 Å². The molecule has 0 spiro atoms. The third-order valence-electron chi connectivity index (χ3n) is 2.83. The van der Waals surface area contributed by atoms with Crippen molar-refractivity contribution < 1.29 is 0 Å². The fourth-order valence-electron chi connectivity index (χ4n) is 1.79. The molecule has 0 saturated carbocycles. The second-order valence-electron chi connectivity index (χ2n) is 3.85. The average Bonchev–Trinajstić information content (AvgIpc) is 2.19. The van der Waals surface area contributed by atoms with Gasteiger partial charge in [0.2, 0.25) is 0 Å². The molecule has 1 aromatic rings. The maximum Gasteiger partial charge on any atom is 0.293 e. The Morgan fingerprint density at radius 1 is 1.60 bits per heavy atom. The monoisotopic (exact) mass is 208 g/mol. The molecule has 0 aliphatic carbocycles. The van der Waals surface area contributed by atoms with Gasteiger partial charge in [0.25, 0.3) is 5.56 Å². The zero-order valence-corrected chi connectivity index (χ0v) is 8.89. The average molecular weight is 208 g/mol. The van der Waals surface area contributed by atoms with Crippen LogP contribution in [0.1, 0.15) is 6.92 Å². The minimum atomic E-state index is -0.00419. The Morgan fingerprint density at radius 3 is 2.93 bits per heavy atom. The Morgan fingerprint density at radius 2 is 2.33 bits per heavy atom. The van der Waals surface area contributed by atoms with E-state index in [1.54, 1.807) is 17.0 Å². The van der Waals surface area contributed by atoms with Crippen molar-refractivity contribution in [3.8, 4) is 0 Å². The number of nitrogens with zero attached hydrogens (tertiary/aromatic N) is 3. The van der Waals surface area contributed by atoms with Gasteiger partial charge in [-0.25, -0.2) is 4.98 Å². The summed E-state index contributed by atoms with van der Waals surface area (Å²) >= 11 is 0. The van der Waals surface area contributed by atoms with E-state index in [9.17, 15) is 4.79 Å². The normalized spacial score (nSPS) is 16.5. The first-order valence-electron chi connectivity index (χ1n) is 5.26. The van der Waals surface area contributed by atoms with Gasteiger partial charge in [-0.1, -0.05) is 0 Å². The lowest BCUT2D eigenvalue weighted by Gasteiger charge is -2.39. The summed E-state index contributed by atoms with van der Waals surface area (Å²) in [7, 11) is 0. The van der Waals surface area contributed by atoms with Crippen LogP contribution in [0.4, 0.5) is 5.82 Å². The summed E-state index contributed by atoms with van der Waals surface area (Å²) in [6.07, 6.45) is 3.39. The van der Waals surface area contributed by atoms with Crippen LogP contribution in [-0.4, -0.2) is 29.2 Å². The third-order valence-corrected chi connectivity index (χ3v) is 2.83. The number of rotatable bonds is 3. The largest absolute Gasteiger partial charge is 0.351 e. The molecule has 1 fully saturated rings. The van der Waals surface area contributed by atoms with Crippen LogP contribution in [0.2, 0.25) is 0 Å². The molecule has 0 bridgehead atoms. The lowest BCUT2D eigenvalue weighted by molar-refractivity contribution is 0.414. The topological polar surface area (TPSA) is 64.2 Å². The molecule has 0 amide bonds. The molecule has 1 aromatic heterocycles. The van der Waals surface area contributed by atoms with E-state index in [0.717, 1.165) is 13.1 Å². The highest BCUT2D eigenvalue weighted by molar-refractivity contribution is 5.39. The van der Waals surface area contributed by atoms with E-state index in [-0.39, 0.29) is 5.56 Å². The summed E-state index contributed by atoms with van der Waals surface area (Å²) in [5.41, 5.74) is 5.53. The van der Waals surface area contributed by atoms with Crippen LogP contribution in [0, 0.1) is 5.92 Å². The lowest BCUT2D eigenvalue weighted by Crippen LogP contribution is -2.52. The highest BCUT2D eigenvalue weighted by Gasteiger charge is 2.28. The minimum absolute atomic E-state index is 0.00419. The van der Waals surface area contributed by atoms with Gasteiger partial charge in [0.05, 0.1) is 0 Å². The highest BCUT2D eigenvalue weighted by atomic mass is 16.1. The molecular weight excluding hydrogens is 192 g/mol. The van der Waals surface area contributed by atoms with Gasteiger partial charge in [-0.2, -0.15) is 0 Å². The maximum atomic E-state index is 11.9. The van der Waals surface area contributed by atoms with Gasteiger partial charge >= 0.3 is 0 Å². The molecule has 82 valence electrons. The van der Waals surface area contributed by atoms with Crippen molar-refractivity contribution in [3.63, 3.8) is 0 Å². The molecule has 15 heavy (non-hydrogen) atoms. The summed E-state index contributed by atoms with van der Waals surface area (Å²) in [4.78, 5) is 18.0. The number of aromatic nitrogens is 2. The Kier molecular flexibility index (Phi) is 2.73. The number of anilines is 1. The van der Waals surface area contributed by atoms with Crippen LogP contribution in [-0.2, 0) is 6.54 Å². The van der Waals surface area contributed by atoms with Gasteiger partial charge in [-0.15, -0.1) is 0 Å². The molecule has 0 unspecified atom stereocenters. The summed E-state index contributed by atoms with van der Waals surface area (Å²) in [5, 5.41) is 0. The van der Waals surface area contributed by atoms with Crippen LogP contribution < -0.4 is 16.2 Å². The zero-order valence-electron chi connectivity index (χ0n) is 8.89. The van der Waals surface area contributed by atoms with E-state index in [0.29, 0.717) is 24.8 Å². The summed E-state index contributed by atoms with van der Waals surface area (Å²) in [5.74, 6) is 1.07. The van der Waals surface area contributed by atoms with Crippen LogP contribution in [0.25, 0.3) is 0 Å². The second kappa shape index (κ2) is 4.02. The Balaban J connectivity index is 2.20. The number of nitrogens with two attached hydrogens (primary N) is 1. The fraction of sp³-hybridized carbons (Fsp3) is 0.600. The molecule has 1 aliphatic heterocycles. The maximum absolute atomic E-state index is 11.9. The summed E-state index contributed by atoms with van der Waals surface area (Å²) < 4.78 is 1.66. The van der Waals surface area contributed by atoms with Crippen molar-refractivity contribution in [3.05, 3.63) is 22.7 Å². The Hall–Kier alpha value is -1.36. The Labute approximate surface area is 88.5 Å². The predicted octanol–water partition coefficient (Wildman–Crippen LogP) is -0.342. The molecular formula is C10H16N4O. The van der Waals surface area contributed by atoms with E-state index in [1.165, 1.54) is 0 Å². The molecule has 0 aromatic carbocycles. The molecule has 2 heterocycles. The minimum Gasteiger partial charge on any atom is -0.351 e. The van der Waals surface area contributed by atoms with Crippen molar-refractivity contribution in [1.82, 2.24) is 9.55 Å². The first kappa shape index (κ1) is 10.2. The molecule has 1 saturated heterocycles. The second-order valence-corrected chi connectivity index (χ2v) is 3.85. The molecule has 2 rings (SSSR count). The quantitative estimate of drug-likeness (QED) is 0.738. The number of hydrogen-bond donors (Lipinski definition) is 1. The standard InChI is InChI=1S/C10H16N4O/c1-2-13-4-3-12-9(10(13)15)14-6-8(5-11)7-14/h3-4,8H,2,5-7,11H2,1H3. The van der Waals surface area contributed by atoms with Gasteiger partial charge in [0.15, 0.2) is 5.82 Å². The number of hydrogen-bond acceptors (Lipinski definition) is 4. The van der Waals surface area contributed by atoms with Gasteiger partial charge < -0.3 is 15.2 Å². The van der Waals surface area contributed by atoms with Gasteiger partial charge in [0.1, 0.15) is 0 Å². The van der Waals surface area contributed by atoms with Crippen LogP contribution in [0.5, 0.6) is 0 Å². The van der Waals surface area contributed by atoms with E-state index in [2.05, 4.69) is 4.98 Å². The lowest BCUT2D eigenvalue weighted by atomic mass is 10.0. The van der Waals surface area contributed by atoms with E-state index >= 15 is 0 Å². The van der Waals surface area contributed by atoms with Gasteiger partial charge in [-0.05, 0) is 13.5 Å². The van der Waals surface area contributed by atoms with E-state index in [1.807, 2.05) is 11.8 Å². The van der Waals surface area contributed by atoms with Gasteiger partial charge in [0, 0.05) is 37.9 Å². The fourth-order valence-corrected chi connectivity index (χ4v) is 1.79. The Bertz CT molecular complexity index is 395. The molecule has 2 N–H and O–H groups in total. The van der Waals surface area contributed by atoms with Crippen LogP contribution in [0.15, 0.2) is 17.2 Å². The molecule has 0 radical (unpaired) electrons. The van der Waals surface area contributed by atoms with E-state index in [4.69, 9.17) is 5.73 Å². The molecule has 1 aliphatic rings. The number of aryl methyl sites for hydroxylation is 1. The van der Waals surface area contributed by atoms with Crippen molar-refractivity contribution in [2.75, 3.05) is 24.5 Å². The summed E-state index contributed by atoms with van der Waals surface area (Å²) in [6, 6.07) is 0. The van der Waals surface area contributed by atoms with E-state index < -0.39 is 0 Å².